The van der Waals surface area contributed by atoms with Crippen molar-refractivity contribution in [2.45, 2.75) is 20.8 Å². The lowest BCUT2D eigenvalue weighted by Crippen LogP contribution is -2.36. The molecule has 0 unspecified atom stereocenters. The molecule has 0 bridgehead atoms. The fourth-order valence-corrected chi connectivity index (χ4v) is 2.49. The smallest absolute Gasteiger partial charge is 0.244 e. The van der Waals surface area contributed by atoms with Gasteiger partial charge in [0.1, 0.15) is 6.54 Å². The number of amides is 2. The van der Waals surface area contributed by atoms with Crippen molar-refractivity contribution < 1.29 is 9.59 Å². The van der Waals surface area contributed by atoms with Crippen molar-refractivity contribution >= 4 is 39.1 Å². The molecule has 0 radical (unpaired) electrons. The summed E-state index contributed by atoms with van der Waals surface area (Å²) in [5.41, 5.74) is 3.51. The van der Waals surface area contributed by atoms with Gasteiger partial charge < -0.3 is 10.2 Å². The number of anilines is 2. The molecule has 0 aliphatic rings. The summed E-state index contributed by atoms with van der Waals surface area (Å²) in [7, 11) is 0. The highest BCUT2D eigenvalue weighted by Crippen LogP contribution is 2.23. The number of nitrogens with zero attached hydrogens (tertiary/aromatic N) is 1. The third-order valence-corrected chi connectivity index (χ3v) is 4.33. The minimum atomic E-state index is -0.230. The first-order valence-electron chi connectivity index (χ1n) is 7.27. The number of aryl methyl sites for hydroxylation is 2. The van der Waals surface area contributed by atoms with Crippen LogP contribution in [0.25, 0.3) is 0 Å². The predicted molar refractivity (Wildman–Crippen MR) is 96.7 cm³/mol. The Labute approximate surface area is 144 Å². The predicted octanol–water partition coefficient (Wildman–Crippen LogP) is 4.06. The average Bonchev–Trinajstić information content (AvgIpc) is 2.47. The lowest BCUT2D eigenvalue weighted by molar-refractivity contribution is -0.120. The van der Waals surface area contributed by atoms with Gasteiger partial charge in [0.05, 0.1) is 0 Å². The molecule has 0 aliphatic heterocycles. The largest absolute Gasteiger partial charge is 0.325 e. The summed E-state index contributed by atoms with van der Waals surface area (Å²) < 4.78 is 0.967. The van der Waals surface area contributed by atoms with Crippen LogP contribution in [0, 0.1) is 13.8 Å². The number of nitrogens with one attached hydrogen (secondary N) is 1. The van der Waals surface area contributed by atoms with Gasteiger partial charge in [-0.2, -0.15) is 0 Å². The van der Waals surface area contributed by atoms with Crippen LogP contribution < -0.4 is 10.2 Å². The molecule has 0 aromatic heterocycles. The second kappa shape index (κ2) is 7.42. The topological polar surface area (TPSA) is 49.4 Å². The first kappa shape index (κ1) is 17.2. The number of benzene rings is 2. The number of carbonyl (C=O) groups is 2. The van der Waals surface area contributed by atoms with Gasteiger partial charge in [-0.1, -0.05) is 28.1 Å². The van der Waals surface area contributed by atoms with Gasteiger partial charge in [-0.25, -0.2) is 0 Å². The van der Waals surface area contributed by atoms with E-state index in [1.54, 1.807) is 0 Å². The van der Waals surface area contributed by atoms with Crippen LogP contribution >= 0.6 is 15.9 Å². The highest BCUT2D eigenvalue weighted by Gasteiger charge is 2.16. The molecule has 2 aromatic rings. The molecule has 0 heterocycles. The molecule has 120 valence electrons. The van der Waals surface area contributed by atoms with Crippen molar-refractivity contribution in [2.24, 2.45) is 0 Å². The van der Waals surface area contributed by atoms with E-state index < -0.39 is 0 Å². The van der Waals surface area contributed by atoms with E-state index in [-0.39, 0.29) is 18.4 Å². The first-order valence-corrected chi connectivity index (χ1v) is 8.07. The van der Waals surface area contributed by atoms with E-state index in [1.165, 1.54) is 11.8 Å². The van der Waals surface area contributed by atoms with Crippen LogP contribution in [0.5, 0.6) is 0 Å². The Hall–Kier alpha value is -2.14. The summed E-state index contributed by atoms with van der Waals surface area (Å²) in [4.78, 5) is 25.6. The zero-order chi connectivity index (χ0) is 17.0. The van der Waals surface area contributed by atoms with Crippen molar-refractivity contribution in [3.8, 4) is 0 Å². The lowest BCUT2D eigenvalue weighted by atomic mass is 10.2. The Bertz CT molecular complexity index is 744. The van der Waals surface area contributed by atoms with E-state index in [0.29, 0.717) is 5.69 Å². The highest BCUT2D eigenvalue weighted by molar-refractivity contribution is 9.10. The molecule has 2 rings (SSSR count). The van der Waals surface area contributed by atoms with E-state index >= 15 is 0 Å². The molecule has 0 saturated carbocycles. The van der Waals surface area contributed by atoms with Gasteiger partial charge in [0.15, 0.2) is 0 Å². The Balaban J connectivity index is 2.14. The van der Waals surface area contributed by atoms with Crippen molar-refractivity contribution in [3.63, 3.8) is 0 Å². The number of hydrogen-bond donors (Lipinski definition) is 1. The maximum Gasteiger partial charge on any atom is 0.244 e. The molecule has 0 atom stereocenters. The van der Waals surface area contributed by atoms with Crippen LogP contribution in [0.15, 0.2) is 46.9 Å². The van der Waals surface area contributed by atoms with Gasteiger partial charge >= 0.3 is 0 Å². The number of hydrogen-bond acceptors (Lipinski definition) is 2. The first-order chi connectivity index (χ1) is 10.9. The molecule has 4 nitrogen and oxygen atoms in total. The quantitative estimate of drug-likeness (QED) is 0.876. The molecule has 5 heteroatoms. The van der Waals surface area contributed by atoms with Crippen LogP contribution in [0.4, 0.5) is 11.4 Å². The number of rotatable bonds is 4. The molecule has 2 aromatic carbocycles. The van der Waals surface area contributed by atoms with Crippen LogP contribution in [-0.2, 0) is 9.59 Å². The van der Waals surface area contributed by atoms with E-state index in [0.717, 1.165) is 21.3 Å². The molecular weight excluding hydrogens is 356 g/mol. The maximum atomic E-state index is 12.2. The van der Waals surface area contributed by atoms with Crippen molar-refractivity contribution in [1.82, 2.24) is 0 Å². The summed E-state index contributed by atoms with van der Waals surface area (Å²) in [5.74, 6) is -0.405. The molecule has 0 spiro atoms. The Kier molecular flexibility index (Phi) is 5.55. The molecule has 1 N–H and O–H groups in total. The summed E-state index contributed by atoms with van der Waals surface area (Å²) in [6.45, 7) is 5.34. The van der Waals surface area contributed by atoms with Crippen molar-refractivity contribution in [2.75, 3.05) is 16.8 Å². The van der Waals surface area contributed by atoms with Crippen LogP contribution in [0.3, 0.4) is 0 Å². The third kappa shape index (κ3) is 4.66. The van der Waals surface area contributed by atoms with Gasteiger partial charge in [0, 0.05) is 22.8 Å². The molecule has 0 aliphatic carbocycles. The fraction of sp³-hybridized carbons (Fsp3) is 0.222. The Morgan fingerprint density at radius 2 is 1.87 bits per heavy atom. The number of halogens is 1. The van der Waals surface area contributed by atoms with Gasteiger partial charge in [0.25, 0.3) is 0 Å². The van der Waals surface area contributed by atoms with E-state index in [2.05, 4.69) is 21.2 Å². The second-order valence-corrected chi connectivity index (χ2v) is 6.31. The van der Waals surface area contributed by atoms with Crippen LogP contribution in [0.1, 0.15) is 18.1 Å². The van der Waals surface area contributed by atoms with Gasteiger partial charge in [-0.05, 0) is 55.3 Å². The monoisotopic (exact) mass is 374 g/mol. The zero-order valence-electron chi connectivity index (χ0n) is 13.4. The number of carbonyl (C=O) groups excluding carboxylic acids is 2. The zero-order valence-corrected chi connectivity index (χ0v) is 15.0. The van der Waals surface area contributed by atoms with Crippen molar-refractivity contribution in [3.05, 3.63) is 58.1 Å². The normalized spacial score (nSPS) is 10.3. The van der Waals surface area contributed by atoms with Crippen LogP contribution in [-0.4, -0.2) is 18.4 Å². The molecule has 23 heavy (non-hydrogen) atoms. The van der Waals surface area contributed by atoms with Crippen molar-refractivity contribution in [1.29, 1.82) is 0 Å². The lowest BCUT2D eigenvalue weighted by Gasteiger charge is -2.21. The fourth-order valence-electron chi connectivity index (χ4n) is 2.25. The summed E-state index contributed by atoms with van der Waals surface area (Å²) in [6.07, 6.45) is 0. The Morgan fingerprint density at radius 1 is 1.13 bits per heavy atom. The SMILES string of the molecule is CC(=O)N(CC(=O)Nc1cccc(C)c1)c1ccc(Br)c(C)c1. The molecule has 0 fully saturated rings. The summed E-state index contributed by atoms with van der Waals surface area (Å²) in [6, 6.07) is 13.1. The summed E-state index contributed by atoms with van der Waals surface area (Å²) in [5, 5.41) is 2.82. The second-order valence-electron chi connectivity index (χ2n) is 5.46. The van der Waals surface area contributed by atoms with Gasteiger partial charge in [0.2, 0.25) is 11.8 Å². The maximum absolute atomic E-state index is 12.2. The summed E-state index contributed by atoms with van der Waals surface area (Å²) >= 11 is 3.43. The van der Waals surface area contributed by atoms with Crippen LogP contribution in [0.2, 0.25) is 0 Å². The van der Waals surface area contributed by atoms with Gasteiger partial charge in [-0.3, -0.25) is 9.59 Å². The van der Waals surface area contributed by atoms with E-state index in [1.807, 2.05) is 56.3 Å². The Morgan fingerprint density at radius 3 is 2.48 bits per heavy atom. The standard InChI is InChI=1S/C18H19BrN2O2/c1-12-5-4-6-15(9-12)20-18(23)11-21(14(3)22)16-7-8-17(19)13(2)10-16/h4-10H,11H2,1-3H3,(H,20,23). The highest BCUT2D eigenvalue weighted by atomic mass is 79.9. The van der Waals surface area contributed by atoms with E-state index in [9.17, 15) is 9.59 Å². The molecular formula is C18H19BrN2O2. The third-order valence-electron chi connectivity index (χ3n) is 3.44. The average molecular weight is 375 g/mol. The molecule has 2 amide bonds. The molecule has 0 saturated heterocycles. The minimum absolute atomic E-state index is 0.0235. The van der Waals surface area contributed by atoms with Gasteiger partial charge in [-0.15, -0.1) is 0 Å². The van der Waals surface area contributed by atoms with E-state index in [4.69, 9.17) is 0 Å². The minimum Gasteiger partial charge on any atom is -0.325 e.